The number of aromatic amines is 1. The van der Waals surface area contributed by atoms with Crippen LogP contribution in [0.3, 0.4) is 0 Å². The third-order valence-electron chi connectivity index (χ3n) is 1.74. The predicted molar refractivity (Wildman–Crippen MR) is 54.5 cm³/mol. The highest BCUT2D eigenvalue weighted by atomic mass is 14.7. The van der Waals surface area contributed by atoms with Crippen molar-refractivity contribution in [3.63, 3.8) is 0 Å². The summed E-state index contributed by atoms with van der Waals surface area (Å²) in [6.45, 7) is 0. The summed E-state index contributed by atoms with van der Waals surface area (Å²) in [5.74, 6) is 0. The Morgan fingerprint density at radius 3 is 2.62 bits per heavy atom. The minimum absolute atomic E-state index is 0.976. The van der Waals surface area contributed by atoms with Crippen molar-refractivity contribution in [2.24, 2.45) is 4.99 Å². The van der Waals surface area contributed by atoms with E-state index >= 15 is 0 Å². The first-order chi connectivity index (χ1) is 6.45. The van der Waals surface area contributed by atoms with Gasteiger partial charge in [-0.15, -0.1) is 0 Å². The Kier molecular flexibility index (Phi) is 2.23. The number of benzene rings is 1. The lowest BCUT2D eigenvalue weighted by molar-refractivity contribution is 1.41. The van der Waals surface area contributed by atoms with Crippen LogP contribution >= 0.6 is 0 Å². The second-order valence-electron chi connectivity index (χ2n) is 2.74. The Morgan fingerprint density at radius 1 is 1.08 bits per heavy atom. The standard InChI is InChI=1S/C11H10N2/c1-2-4-11(5-3-1)13-9-10-6-7-12-8-10/h1-9,12H. The van der Waals surface area contributed by atoms with Crippen LogP contribution in [-0.2, 0) is 0 Å². The van der Waals surface area contributed by atoms with Gasteiger partial charge in [0.25, 0.3) is 0 Å². The Bertz CT molecular complexity index is 374. The zero-order valence-electron chi connectivity index (χ0n) is 7.14. The van der Waals surface area contributed by atoms with Gasteiger partial charge in [-0.3, -0.25) is 4.99 Å². The minimum Gasteiger partial charge on any atom is -0.367 e. The van der Waals surface area contributed by atoms with Gasteiger partial charge in [-0.1, -0.05) is 18.2 Å². The smallest absolute Gasteiger partial charge is 0.0629 e. The van der Waals surface area contributed by atoms with Gasteiger partial charge in [0.05, 0.1) is 5.69 Å². The van der Waals surface area contributed by atoms with Crippen molar-refractivity contribution in [3.8, 4) is 0 Å². The van der Waals surface area contributed by atoms with Gasteiger partial charge in [-0.25, -0.2) is 0 Å². The number of para-hydroxylation sites is 1. The van der Waals surface area contributed by atoms with Gasteiger partial charge in [0, 0.05) is 24.2 Å². The number of nitrogens with one attached hydrogen (secondary N) is 1. The topological polar surface area (TPSA) is 28.1 Å². The molecule has 2 heteroatoms. The second-order valence-corrected chi connectivity index (χ2v) is 2.74. The molecule has 64 valence electrons. The summed E-state index contributed by atoms with van der Waals surface area (Å²) in [4.78, 5) is 7.28. The molecule has 2 nitrogen and oxygen atoms in total. The molecule has 0 aliphatic carbocycles. The number of aromatic nitrogens is 1. The van der Waals surface area contributed by atoms with Crippen LogP contribution in [0.1, 0.15) is 5.56 Å². The van der Waals surface area contributed by atoms with Crippen LogP contribution < -0.4 is 0 Å². The summed E-state index contributed by atoms with van der Waals surface area (Å²) in [5, 5.41) is 0. The Labute approximate surface area is 77.0 Å². The molecule has 2 aromatic rings. The predicted octanol–water partition coefficient (Wildman–Crippen LogP) is 2.77. The van der Waals surface area contributed by atoms with E-state index in [4.69, 9.17) is 0 Å². The van der Waals surface area contributed by atoms with E-state index in [1.54, 1.807) is 0 Å². The van der Waals surface area contributed by atoms with Crippen molar-refractivity contribution < 1.29 is 0 Å². The molecule has 0 saturated carbocycles. The van der Waals surface area contributed by atoms with Crippen LogP contribution in [0.2, 0.25) is 0 Å². The largest absolute Gasteiger partial charge is 0.367 e. The summed E-state index contributed by atoms with van der Waals surface area (Å²) < 4.78 is 0. The number of hydrogen-bond donors (Lipinski definition) is 1. The molecule has 0 atom stereocenters. The molecule has 1 aromatic heterocycles. The lowest BCUT2D eigenvalue weighted by Crippen LogP contribution is -1.72. The second kappa shape index (κ2) is 3.72. The number of nitrogens with zero attached hydrogens (tertiary/aromatic N) is 1. The van der Waals surface area contributed by atoms with Gasteiger partial charge in [0.15, 0.2) is 0 Å². The quantitative estimate of drug-likeness (QED) is 0.671. The maximum atomic E-state index is 4.30. The third-order valence-corrected chi connectivity index (χ3v) is 1.74. The van der Waals surface area contributed by atoms with Gasteiger partial charge < -0.3 is 4.98 Å². The molecule has 0 bridgehead atoms. The normalized spacial score (nSPS) is 10.8. The fourth-order valence-corrected chi connectivity index (χ4v) is 1.08. The molecule has 1 aromatic carbocycles. The SMILES string of the molecule is C(=Nc1ccccc1)c1cc[nH]c1. The number of hydrogen-bond acceptors (Lipinski definition) is 1. The first-order valence-electron chi connectivity index (χ1n) is 4.17. The van der Waals surface area contributed by atoms with Gasteiger partial charge in [-0.2, -0.15) is 0 Å². The Morgan fingerprint density at radius 2 is 1.92 bits per heavy atom. The number of aliphatic imine (C=N–C) groups is 1. The van der Waals surface area contributed by atoms with Crippen LogP contribution in [-0.4, -0.2) is 11.2 Å². The first kappa shape index (κ1) is 7.80. The van der Waals surface area contributed by atoms with Crippen molar-refractivity contribution in [1.29, 1.82) is 0 Å². The molecule has 1 N–H and O–H groups in total. The fraction of sp³-hybridized carbons (Fsp3) is 0. The number of H-pyrrole nitrogens is 1. The van der Waals surface area contributed by atoms with Crippen LogP contribution in [0.5, 0.6) is 0 Å². The van der Waals surface area contributed by atoms with Gasteiger partial charge >= 0.3 is 0 Å². The summed E-state index contributed by atoms with van der Waals surface area (Å²) in [7, 11) is 0. The molecule has 0 aliphatic heterocycles. The molecule has 1 heterocycles. The van der Waals surface area contributed by atoms with Crippen molar-refractivity contribution in [2.45, 2.75) is 0 Å². The fourth-order valence-electron chi connectivity index (χ4n) is 1.08. The zero-order chi connectivity index (χ0) is 8.93. The van der Waals surface area contributed by atoms with E-state index in [2.05, 4.69) is 9.98 Å². The molecule has 0 saturated heterocycles. The molecule has 0 fully saturated rings. The van der Waals surface area contributed by atoms with Crippen molar-refractivity contribution >= 4 is 11.9 Å². The van der Waals surface area contributed by atoms with Crippen molar-refractivity contribution in [1.82, 2.24) is 4.98 Å². The lowest BCUT2D eigenvalue weighted by atomic mass is 10.3. The maximum Gasteiger partial charge on any atom is 0.0629 e. The highest BCUT2D eigenvalue weighted by molar-refractivity contribution is 5.81. The molecule has 0 unspecified atom stereocenters. The summed E-state index contributed by atoms with van der Waals surface area (Å²) in [6, 6.07) is 11.9. The third kappa shape index (κ3) is 2.06. The molecule has 13 heavy (non-hydrogen) atoms. The summed E-state index contributed by atoms with van der Waals surface area (Å²) in [6.07, 6.45) is 5.63. The number of rotatable bonds is 2. The first-order valence-corrected chi connectivity index (χ1v) is 4.17. The van der Waals surface area contributed by atoms with Crippen molar-refractivity contribution in [3.05, 3.63) is 54.4 Å². The minimum atomic E-state index is 0.976. The molecule has 0 aliphatic rings. The summed E-state index contributed by atoms with van der Waals surface area (Å²) in [5.41, 5.74) is 2.06. The molecular weight excluding hydrogens is 160 g/mol. The van der Waals surface area contributed by atoms with E-state index in [0.717, 1.165) is 11.3 Å². The van der Waals surface area contributed by atoms with E-state index in [1.165, 1.54) is 0 Å². The molecular formula is C11H10N2. The van der Waals surface area contributed by atoms with E-state index in [-0.39, 0.29) is 0 Å². The van der Waals surface area contributed by atoms with Crippen molar-refractivity contribution in [2.75, 3.05) is 0 Å². The lowest BCUT2D eigenvalue weighted by Gasteiger charge is -1.89. The van der Waals surface area contributed by atoms with E-state index in [1.807, 2.05) is 55.0 Å². The van der Waals surface area contributed by atoms with Gasteiger partial charge in [0.2, 0.25) is 0 Å². The van der Waals surface area contributed by atoms with E-state index < -0.39 is 0 Å². The molecule has 0 radical (unpaired) electrons. The van der Waals surface area contributed by atoms with Gasteiger partial charge in [0.1, 0.15) is 0 Å². The van der Waals surface area contributed by atoms with E-state index in [0.29, 0.717) is 0 Å². The van der Waals surface area contributed by atoms with Crippen LogP contribution in [0.4, 0.5) is 5.69 Å². The van der Waals surface area contributed by atoms with Crippen LogP contribution in [0, 0.1) is 0 Å². The van der Waals surface area contributed by atoms with Crippen LogP contribution in [0.15, 0.2) is 53.8 Å². The highest BCUT2D eigenvalue weighted by Gasteiger charge is 1.86. The molecule has 0 spiro atoms. The average molecular weight is 170 g/mol. The molecule has 2 rings (SSSR count). The molecule has 0 amide bonds. The zero-order valence-corrected chi connectivity index (χ0v) is 7.14. The Balaban J connectivity index is 2.15. The highest BCUT2D eigenvalue weighted by Crippen LogP contribution is 2.09. The summed E-state index contributed by atoms with van der Waals surface area (Å²) >= 11 is 0. The van der Waals surface area contributed by atoms with E-state index in [9.17, 15) is 0 Å². The van der Waals surface area contributed by atoms with Crippen LogP contribution in [0.25, 0.3) is 0 Å². The van der Waals surface area contributed by atoms with Gasteiger partial charge in [-0.05, 0) is 18.2 Å². The Hall–Kier alpha value is -1.83. The average Bonchev–Trinajstić information content (AvgIpc) is 2.69. The monoisotopic (exact) mass is 170 g/mol. The maximum absolute atomic E-state index is 4.30.